The van der Waals surface area contributed by atoms with Gasteiger partial charge in [-0.05, 0) is 81.2 Å². The van der Waals surface area contributed by atoms with Crippen LogP contribution in [0.25, 0.3) is 10.8 Å². The average molecular weight is 592 g/mol. The van der Waals surface area contributed by atoms with Gasteiger partial charge in [0.1, 0.15) is 12.1 Å². The Hall–Kier alpha value is -2.73. The van der Waals surface area contributed by atoms with Crippen molar-refractivity contribution in [2.45, 2.75) is 56.5 Å². The second-order valence-electron chi connectivity index (χ2n) is 10.5. The van der Waals surface area contributed by atoms with E-state index in [4.69, 9.17) is 17.3 Å². The van der Waals surface area contributed by atoms with Gasteiger partial charge in [-0.15, -0.1) is 0 Å². The standard InChI is InChI=1S/C28H38ClN5O5S/c1-3-32(16-15-31-12-5-4-6-13-31)27(36)20(2)33-14-11-25(28(33)37)34(19-26(30)35)40(38,39)24-10-8-21-17-23(29)9-7-22(21)18-24/h7-10,17-18,20,25H,3-6,11-16,19H2,1-2H3,(H2,30,35)/t20-,25-/m0/s1. The first kappa shape index (κ1) is 30.2. The molecule has 0 aliphatic carbocycles. The van der Waals surface area contributed by atoms with Crippen LogP contribution in [0.3, 0.4) is 0 Å². The number of carbonyl (C=O) groups is 3. The van der Waals surface area contributed by atoms with Gasteiger partial charge < -0.3 is 20.4 Å². The molecule has 0 radical (unpaired) electrons. The van der Waals surface area contributed by atoms with Gasteiger partial charge in [-0.25, -0.2) is 8.42 Å². The molecular weight excluding hydrogens is 554 g/mol. The zero-order valence-corrected chi connectivity index (χ0v) is 24.7. The van der Waals surface area contributed by atoms with Gasteiger partial charge in [0.25, 0.3) is 0 Å². The van der Waals surface area contributed by atoms with Crippen molar-refractivity contribution in [2.75, 3.05) is 45.8 Å². The topological polar surface area (TPSA) is 124 Å². The number of amides is 3. The molecule has 2 aromatic rings. The summed E-state index contributed by atoms with van der Waals surface area (Å²) in [5.74, 6) is -1.56. The lowest BCUT2D eigenvalue weighted by Gasteiger charge is -2.33. The summed E-state index contributed by atoms with van der Waals surface area (Å²) in [7, 11) is -4.27. The molecule has 0 saturated carbocycles. The van der Waals surface area contributed by atoms with Crippen molar-refractivity contribution in [3.8, 4) is 0 Å². The first-order valence-corrected chi connectivity index (χ1v) is 15.7. The highest BCUT2D eigenvalue weighted by Crippen LogP contribution is 2.29. The number of likely N-dealkylation sites (N-methyl/N-ethyl adjacent to an activating group) is 1. The maximum Gasteiger partial charge on any atom is 0.245 e. The zero-order valence-electron chi connectivity index (χ0n) is 23.1. The Morgan fingerprint density at radius 1 is 1.07 bits per heavy atom. The van der Waals surface area contributed by atoms with Crippen molar-refractivity contribution in [1.82, 2.24) is 19.0 Å². The summed E-state index contributed by atoms with van der Waals surface area (Å²) in [5, 5.41) is 1.92. The number of piperidine rings is 1. The van der Waals surface area contributed by atoms with Crippen LogP contribution in [-0.2, 0) is 24.4 Å². The molecule has 12 heteroatoms. The second kappa shape index (κ2) is 12.8. The monoisotopic (exact) mass is 591 g/mol. The quantitative estimate of drug-likeness (QED) is 0.428. The third-order valence-electron chi connectivity index (χ3n) is 7.90. The van der Waals surface area contributed by atoms with Gasteiger partial charge in [-0.3, -0.25) is 14.4 Å². The van der Waals surface area contributed by atoms with Crippen LogP contribution in [0.15, 0.2) is 41.3 Å². The van der Waals surface area contributed by atoms with Gasteiger partial charge >= 0.3 is 0 Å². The van der Waals surface area contributed by atoms with E-state index in [-0.39, 0.29) is 23.8 Å². The lowest BCUT2D eigenvalue weighted by atomic mass is 10.1. The minimum Gasteiger partial charge on any atom is -0.369 e. The molecule has 218 valence electrons. The summed E-state index contributed by atoms with van der Waals surface area (Å²) >= 11 is 6.05. The van der Waals surface area contributed by atoms with Crippen molar-refractivity contribution in [2.24, 2.45) is 5.73 Å². The summed E-state index contributed by atoms with van der Waals surface area (Å²) in [6.07, 6.45) is 3.71. The van der Waals surface area contributed by atoms with E-state index >= 15 is 0 Å². The number of rotatable bonds is 11. The molecule has 40 heavy (non-hydrogen) atoms. The first-order chi connectivity index (χ1) is 19.0. The van der Waals surface area contributed by atoms with E-state index in [1.807, 2.05) is 6.92 Å². The van der Waals surface area contributed by atoms with E-state index in [2.05, 4.69) is 4.90 Å². The fraction of sp³-hybridized carbons (Fsp3) is 0.536. The molecule has 2 aromatic carbocycles. The molecule has 2 atom stereocenters. The molecule has 0 spiro atoms. The summed E-state index contributed by atoms with van der Waals surface area (Å²) < 4.78 is 28.4. The maximum atomic E-state index is 13.8. The van der Waals surface area contributed by atoms with Gasteiger partial charge in [0.2, 0.25) is 27.7 Å². The summed E-state index contributed by atoms with van der Waals surface area (Å²) in [4.78, 5) is 44.4. The Bertz CT molecular complexity index is 1360. The number of primary amides is 1. The number of hydrogen-bond donors (Lipinski definition) is 1. The fourth-order valence-corrected chi connectivity index (χ4v) is 7.41. The predicted octanol–water partition coefficient (Wildman–Crippen LogP) is 2.29. The number of hydrogen-bond acceptors (Lipinski definition) is 6. The number of fused-ring (bicyclic) bond motifs is 1. The molecule has 10 nitrogen and oxygen atoms in total. The zero-order chi connectivity index (χ0) is 29.0. The van der Waals surface area contributed by atoms with E-state index in [9.17, 15) is 22.8 Å². The van der Waals surface area contributed by atoms with E-state index in [1.54, 1.807) is 36.1 Å². The lowest BCUT2D eigenvalue weighted by Crippen LogP contribution is -2.53. The summed E-state index contributed by atoms with van der Waals surface area (Å²) in [5.41, 5.74) is 5.43. The van der Waals surface area contributed by atoms with Crippen molar-refractivity contribution < 1.29 is 22.8 Å². The molecular formula is C28H38ClN5O5S. The molecule has 0 bridgehead atoms. The number of nitrogens with zero attached hydrogens (tertiary/aromatic N) is 4. The van der Waals surface area contributed by atoms with E-state index < -0.39 is 40.5 Å². The molecule has 2 saturated heterocycles. The van der Waals surface area contributed by atoms with Crippen molar-refractivity contribution in [3.63, 3.8) is 0 Å². The van der Waals surface area contributed by atoms with Crippen LogP contribution in [0, 0.1) is 0 Å². The number of likely N-dealkylation sites (tertiary alicyclic amines) is 2. The van der Waals surface area contributed by atoms with Gasteiger partial charge in [0.15, 0.2) is 0 Å². The Morgan fingerprint density at radius 3 is 2.42 bits per heavy atom. The smallest absolute Gasteiger partial charge is 0.245 e. The van der Waals surface area contributed by atoms with Crippen LogP contribution in [0.2, 0.25) is 5.02 Å². The van der Waals surface area contributed by atoms with Crippen LogP contribution >= 0.6 is 11.6 Å². The molecule has 4 rings (SSSR count). The molecule has 2 aliphatic rings. The Kier molecular flexibility index (Phi) is 9.71. The van der Waals surface area contributed by atoms with Crippen molar-refractivity contribution >= 4 is 50.1 Å². The molecule has 2 fully saturated rings. The summed E-state index contributed by atoms with van der Waals surface area (Å²) in [6, 6.07) is 7.72. The predicted molar refractivity (Wildman–Crippen MR) is 154 cm³/mol. The molecule has 0 aromatic heterocycles. The highest BCUT2D eigenvalue weighted by atomic mass is 35.5. The highest BCUT2D eigenvalue weighted by Gasteiger charge is 2.45. The van der Waals surface area contributed by atoms with Crippen molar-refractivity contribution in [3.05, 3.63) is 41.4 Å². The van der Waals surface area contributed by atoms with E-state index in [0.29, 0.717) is 23.5 Å². The normalized spacial score (nSPS) is 19.4. The van der Waals surface area contributed by atoms with Gasteiger partial charge in [-0.1, -0.05) is 30.2 Å². The molecule has 2 heterocycles. The Balaban J connectivity index is 1.51. The number of halogens is 1. The van der Waals surface area contributed by atoms with Gasteiger partial charge in [0.05, 0.1) is 11.4 Å². The third kappa shape index (κ3) is 6.59. The third-order valence-corrected chi connectivity index (χ3v) is 9.99. The number of sulfonamides is 1. The number of benzene rings is 2. The minimum atomic E-state index is -4.27. The second-order valence-corrected chi connectivity index (χ2v) is 12.8. The molecule has 3 amide bonds. The maximum absolute atomic E-state index is 13.8. The number of carbonyl (C=O) groups excluding carboxylic acids is 3. The lowest BCUT2D eigenvalue weighted by molar-refractivity contribution is -0.144. The van der Waals surface area contributed by atoms with Crippen LogP contribution in [0.1, 0.15) is 39.5 Å². The fourth-order valence-electron chi connectivity index (χ4n) is 5.61. The van der Waals surface area contributed by atoms with E-state index in [1.165, 1.54) is 36.3 Å². The minimum absolute atomic E-state index is 0.0613. The Morgan fingerprint density at radius 2 is 1.75 bits per heavy atom. The van der Waals surface area contributed by atoms with Crippen LogP contribution < -0.4 is 5.73 Å². The number of nitrogens with two attached hydrogens (primary N) is 1. The SMILES string of the molecule is CCN(CCN1CCCCC1)C(=O)[C@H](C)N1CC[C@H](N(CC(N)=O)S(=O)(=O)c2ccc3cc(Cl)ccc3c2)C1=O. The van der Waals surface area contributed by atoms with Crippen molar-refractivity contribution in [1.29, 1.82) is 0 Å². The largest absolute Gasteiger partial charge is 0.369 e. The Labute approximate surface area is 241 Å². The molecule has 2 aliphatic heterocycles. The molecule has 0 unspecified atom stereocenters. The van der Waals surface area contributed by atoms with E-state index in [0.717, 1.165) is 29.3 Å². The first-order valence-electron chi connectivity index (χ1n) is 13.8. The van der Waals surface area contributed by atoms with Crippen LogP contribution in [-0.4, -0.2) is 103 Å². The summed E-state index contributed by atoms with van der Waals surface area (Å²) in [6.45, 7) is 7.06. The van der Waals surface area contributed by atoms with Gasteiger partial charge in [0, 0.05) is 31.2 Å². The van der Waals surface area contributed by atoms with Crippen LogP contribution in [0.5, 0.6) is 0 Å². The van der Waals surface area contributed by atoms with Gasteiger partial charge in [-0.2, -0.15) is 4.31 Å². The average Bonchev–Trinajstić information content (AvgIpc) is 3.32. The highest BCUT2D eigenvalue weighted by molar-refractivity contribution is 7.89. The molecule has 2 N–H and O–H groups in total. The van der Waals surface area contributed by atoms with Crippen LogP contribution in [0.4, 0.5) is 0 Å².